The van der Waals surface area contributed by atoms with Gasteiger partial charge in [-0.05, 0) is 51.4 Å². The first-order valence-electron chi connectivity index (χ1n) is 7.55. The number of rotatable bonds is 2. The summed E-state index contributed by atoms with van der Waals surface area (Å²) in [5.41, 5.74) is -0.0396. The van der Waals surface area contributed by atoms with Crippen molar-refractivity contribution in [3.63, 3.8) is 0 Å². The van der Waals surface area contributed by atoms with Crippen molar-refractivity contribution < 1.29 is 9.53 Å². The van der Waals surface area contributed by atoms with Gasteiger partial charge in [-0.3, -0.25) is 0 Å². The molecule has 0 radical (unpaired) electrons. The minimum atomic E-state index is -0.413. The smallest absolute Gasteiger partial charge is 0.407 e. The topological polar surface area (TPSA) is 38.3 Å². The zero-order valence-corrected chi connectivity index (χ0v) is 13.5. The number of ether oxygens (including phenoxy) is 1. The molecule has 3 nitrogen and oxygen atoms in total. The molecule has 19 heavy (non-hydrogen) atoms. The number of carbonyl (C=O) groups excluding carboxylic acids is 1. The minimum Gasteiger partial charge on any atom is -0.444 e. The number of hydrogen-bond donors (Lipinski definition) is 1. The normalized spacial score (nSPS) is 24.9. The summed E-state index contributed by atoms with van der Waals surface area (Å²) in [5, 5.41) is 3.03. The van der Waals surface area contributed by atoms with Gasteiger partial charge in [0.05, 0.1) is 0 Å². The molecule has 112 valence electrons. The Balaban J connectivity index is 2.41. The van der Waals surface area contributed by atoms with Gasteiger partial charge in [-0.25, -0.2) is 4.79 Å². The molecule has 0 aromatic heterocycles. The molecule has 1 amide bonds. The molecule has 1 aliphatic rings. The number of nitrogens with one attached hydrogen (secondary N) is 1. The van der Waals surface area contributed by atoms with E-state index in [1.54, 1.807) is 0 Å². The fourth-order valence-corrected chi connectivity index (χ4v) is 2.95. The molecular formula is C16H31NO2. The maximum absolute atomic E-state index is 11.8. The van der Waals surface area contributed by atoms with E-state index in [-0.39, 0.29) is 12.1 Å². The molecule has 1 saturated carbocycles. The van der Waals surface area contributed by atoms with Crippen LogP contribution in [-0.4, -0.2) is 17.7 Å². The lowest BCUT2D eigenvalue weighted by atomic mass is 9.76. The van der Waals surface area contributed by atoms with Crippen LogP contribution in [0.3, 0.4) is 0 Å². The lowest BCUT2D eigenvalue weighted by Gasteiger charge is -2.34. The molecule has 0 aromatic carbocycles. The molecule has 1 rings (SSSR count). The molecule has 3 heteroatoms. The minimum absolute atomic E-state index is 0.270. The number of carbonyl (C=O) groups is 1. The first-order chi connectivity index (χ1) is 8.55. The van der Waals surface area contributed by atoms with Crippen LogP contribution in [0, 0.1) is 11.3 Å². The fourth-order valence-electron chi connectivity index (χ4n) is 2.95. The molecule has 1 fully saturated rings. The van der Waals surface area contributed by atoms with Crippen LogP contribution in [0.5, 0.6) is 0 Å². The van der Waals surface area contributed by atoms with Gasteiger partial charge in [-0.15, -0.1) is 0 Å². The van der Waals surface area contributed by atoms with Crippen LogP contribution in [0.1, 0.15) is 73.6 Å². The van der Waals surface area contributed by atoms with Crippen molar-refractivity contribution in [1.29, 1.82) is 0 Å². The Kier molecular flexibility index (Phi) is 5.28. The first kappa shape index (κ1) is 16.3. The maximum Gasteiger partial charge on any atom is 0.407 e. The first-order valence-corrected chi connectivity index (χ1v) is 7.55. The van der Waals surface area contributed by atoms with Crippen LogP contribution in [0.15, 0.2) is 0 Å². The van der Waals surface area contributed by atoms with Gasteiger partial charge in [-0.1, -0.05) is 33.6 Å². The summed E-state index contributed by atoms with van der Waals surface area (Å²) in [6.45, 7) is 12.6. The van der Waals surface area contributed by atoms with Gasteiger partial charge in [-0.2, -0.15) is 0 Å². The second-order valence-corrected chi connectivity index (χ2v) is 8.14. The summed E-state index contributed by atoms with van der Waals surface area (Å²) < 4.78 is 5.33. The van der Waals surface area contributed by atoms with E-state index in [9.17, 15) is 4.79 Å². The number of hydrogen-bond acceptors (Lipinski definition) is 2. The molecule has 0 bridgehead atoms. The highest BCUT2D eigenvalue weighted by atomic mass is 16.6. The third-order valence-corrected chi connectivity index (χ3v) is 3.40. The average Bonchev–Trinajstić information content (AvgIpc) is 2.11. The molecule has 0 heterocycles. The fraction of sp³-hybridized carbons (Fsp3) is 0.938. The van der Waals surface area contributed by atoms with Crippen molar-refractivity contribution in [3.05, 3.63) is 0 Å². The SMILES string of the molecule is CC(C)(C)C[C@H]1CCC[C@@H](NC(=O)OC(C)(C)C)C1. The van der Waals surface area contributed by atoms with Gasteiger partial charge in [0, 0.05) is 6.04 Å². The zero-order valence-electron chi connectivity index (χ0n) is 13.5. The van der Waals surface area contributed by atoms with Crippen LogP contribution in [0.4, 0.5) is 4.79 Å². The number of alkyl carbamates (subject to hydrolysis) is 1. The second-order valence-electron chi connectivity index (χ2n) is 8.14. The van der Waals surface area contributed by atoms with Crippen molar-refractivity contribution in [2.45, 2.75) is 85.3 Å². The van der Waals surface area contributed by atoms with Crippen LogP contribution in [0.25, 0.3) is 0 Å². The monoisotopic (exact) mass is 269 g/mol. The van der Waals surface area contributed by atoms with Crippen molar-refractivity contribution >= 4 is 6.09 Å². The van der Waals surface area contributed by atoms with Gasteiger partial charge < -0.3 is 10.1 Å². The van der Waals surface area contributed by atoms with E-state index >= 15 is 0 Å². The molecule has 0 unspecified atom stereocenters. The molecule has 1 N–H and O–H groups in total. The van der Waals surface area contributed by atoms with E-state index in [1.807, 2.05) is 20.8 Å². The van der Waals surface area contributed by atoms with Gasteiger partial charge in [0.2, 0.25) is 0 Å². The molecule has 0 aromatic rings. The average molecular weight is 269 g/mol. The van der Waals surface area contributed by atoms with E-state index in [0.29, 0.717) is 5.41 Å². The Morgan fingerprint density at radius 3 is 2.32 bits per heavy atom. The second kappa shape index (κ2) is 6.15. The molecule has 1 aliphatic carbocycles. The highest BCUT2D eigenvalue weighted by Gasteiger charge is 2.27. The number of amides is 1. The summed E-state index contributed by atoms with van der Waals surface area (Å²) in [4.78, 5) is 11.8. The van der Waals surface area contributed by atoms with Crippen LogP contribution in [0.2, 0.25) is 0 Å². The van der Waals surface area contributed by atoms with Gasteiger partial charge in [0.15, 0.2) is 0 Å². The molecule has 0 saturated heterocycles. The van der Waals surface area contributed by atoms with Gasteiger partial charge in [0.1, 0.15) is 5.60 Å². The van der Waals surface area contributed by atoms with E-state index in [2.05, 4.69) is 26.1 Å². The summed E-state index contributed by atoms with van der Waals surface area (Å²) >= 11 is 0. The standard InChI is InChI=1S/C16H31NO2/c1-15(2,3)11-12-8-7-9-13(10-12)17-14(18)19-16(4,5)6/h12-13H,7-11H2,1-6H3,(H,17,18)/t12-,13+/m0/s1. The summed E-state index contributed by atoms with van der Waals surface area (Å²) in [5.74, 6) is 0.730. The van der Waals surface area contributed by atoms with Crippen LogP contribution in [-0.2, 0) is 4.74 Å². The summed E-state index contributed by atoms with van der Waals surface area (Å²) in [6, 6.07) is 0.288. The quantitative estimate of drug-likeness (QED) is 0.801. The Morgan fingerprint density at radius 1 is 1.16 bits per heavy atom. The molecular weight excluding hydrogens is 238 g/mol. The lowest BCUT2D eigenvalue weighted by molar-refractivity contribution is 0.0480. The van der Waals surface area contributed by atoms with Gasteiger partial charge in [0.25, 0.3) is 0 Å². The van der Waals surface area contributed by atoms with Crippen molar-refractivity contribution in [1.82, 2.24) is 5.32 Å². The lowest BCUT2D eigenvalue weighted by Crippen LogP contribution is -2.41. The van der Waals surface area contributed by atoms with E-state index < -0.39 is 5.60 Å². The van der Waals surface area contributed by atoms with E-state index in [4.69, 9.17) is 4.74 Å². The van der Waals surface area contributed by atoms with Gasteiger partial charge >= 0.3 is 6.09 Å². The van der Waals surface area contributed by atoms with E-state index in [1.165, 1.54) is 19.3 Å². The van der Waals surface area contributed by atoms with Crippen LogP contribution < -0.4 is 5.32 Å². The molecule has 2 atom stereocenters. The van der Waals surface area contributed by atoms with Crippen molar-refractivity contribution in [2.24, 2.45) is 11.3 Å². The maximum atomic E-state index is 11.8. The third kappa shape index (κ3) is 7.44. The predicted octanol–water partition coefficient (Wildman–Crippen LogP) is 4.51. The highest BCUT2D eigenvalue weighted by Crippen LogP contribution is 2.34. The zero-order chi connectivity index (χ0) is 14.7. The molecule has 0 aliphatic heterocycles. The largest absolute Gasteiger partial charge is 0.444 e. The van der Waals surface area contributed by atoms with Crippen molar-refractivity contribution in [3.8, 4) is 0 Å². The van der Waals surface area contributed by atoms with Crippen molar-refractivity contribution in [2.75, 3.05) is 0 Å². The van der Waals surface area contributed by atoms with Crippen LogP contribution >= 0.6 is 0 Å². The highest BCUT2D eigenvalue weighted by molar-refractivity contribution is 5.68. The Labute approximate surface area is 118 Å². The Bertz CT molecular complexity index is 299. The summed E-state index contributed by atoms with van der Waals surface area (Å²) in [6.07, 6.45) is 5.65. The molecule has 0 spiro atoms. The van der Waals surface area contributed by atoms with E-state index in [0.717, 1.165) is 18.8 Å². The Morgan fingerprint density at radius 2 is 1.79 bits per heavy atom. The summed E-state index contributed by atoms with van der Waals surface area (Å²) in [7, 11) is 0. The third-order valence-electron chi connectivity index (χ3n) is 3.40. The Hall–Kier alpha value is -0.730. The predicted molar refractivity (Wildman–Crippen MR) is 79.2 cm³/mol.